The third-order valence-corrected chi connectivity index (χ3v) is 6.70. The normalized spacial score (nSPS) is 27.7. The van der Waals surface area contributed by atoms with Crippen LogP contribution in [0.5, 0.6) is 0 Å². The second kappa shape index (κ2) is 8.01. The molecule has 0 bridgehead atoms. The van der Waals surface area contributed by atoms with E-state index in [0.717, 1.165) is 91.4 Å². The maximum Gasteiger partial charge on any atom is 0.170 e. The number of nitrogens with zero attached hydrogens (tertiary/aromatic N) is 2. The van der Waals surface area contributed by atoms with Crippen molar-refractivity contribution in [2.75, 3.05) is 52.6 Å². The van der Waals surface area contributed by atoms with Crippen molar-refractivity contribution in [3.8, 4) is 0 Å². The Balaban J connectivity index is 1.09. The molecule has 1 aromatic rings. The average Bonchev–Trinajstić information content (AvgIpc) is 3.38. The second-order valence-electron chi connectivity index (χ2n) is 8.58. The molecule has 0 aliphatic carbocycles. The topological polar surface area (TPSA) is 43.4 Å². The van der Waals surface area contributed by atoms with Gasteiger partial charge < -0.3 is 18.9 Å². The van der Waals surface area contributed by atoms with E-state index in [1.165, 1.54) is 11.1 Å². The molecule has 6 nitrogen and oxygen atoms in total. The molecule has 0 N–H and O–H groups in total. The Hall–Kier alpha value is -1.02. The minimum atomic E-state index is -0.276. The molecule has 6 heteroatoms. The van der Waals surface area contributed by atoms with Gasteiger partial charge in [-0.25, -0.2) is 0 Å². The van der Waals surface area contributed by atoms with Crippen LogP contribution in [0.1, 0.15) is 36.8 Å². The van der Waals surface area contributed by atoms with Crippen molar-refractivity contribution in [1.82, 2.24) is 9.80 Å². The highest BCUT2D eigenvalue weighted by Crippen LogP contribution is 2.33. The standard InChI is InChI=1S/C22H32N2O4/c1-2-20(18-24-11-7-22(8-12-24)27-15-16-28-22)4-3-19(1)17-23-9-5-21(6-10-23)25-13-14-26-21/h1-4H,5-18H2. The fourth-order valence-corrected chi connectivity index (χ4v) is 4.94. The van der Waals surface area contributed by atoms with Crippen LogP contribution in [0.4, 0.5) is 0 Å². The van der Waals surface area contributed by atoms with Gasteiger partial charge in [-0.3, -0.25) is 9.80 Å². The van der Waals surface area contributed by atoms with Gasteiger partial charge in [-0.05, 0) is 11.1 Å². The van der Waals surface area contributed by atoms with Gasteiger partial charge in [0.25, 0.3) is 0 Å². The summed E-state index contributed by atoms with van der Waals surface area (Å²) >= 11 is 0. The van der Waals surface area contributed by atoms with E-state index in [-0.39, 0.29) is 11.6 Å². The predicted octanol–water partition coefficient (Wildman–Crippen LogP) is 2.36. The molecule has 0 atom stereocenters. The van der Waals surface area contributed by atoms with Crippen LogP contribution < -0.4 is 0 Å². The Kier molecular flexibility index (Phi) is 5.43. The fourth-order valence-electron chi connectivity index (χ4n) is 4.94. The lowest BCUT2D eigenvalue weighted by molar-refractivity contribution is -0.186. The van der Waals surface area contributed by atoms with E-state index in [2.05, 4.69) is 34.1 Å². The van der Waals surface area contributed by atoms with Crippen LogP contribution in [0.2, 0.25) is 0 Å². The quantitative estimate of drug-likeness (QED) is 0.789. The third kappa shape index (κ3) is 4.13. The molecule has 28 heavy (non-hydrogen) atoms. The first kappa shape index (κ1) is 19.0. The molecular formula is C22H32N2O4. The van der Waals surface area contributed by atoms with Gasteiger partial charge in [-0.2, -0.15) is 0 Å². The largest absolute Gasteiger partial charge is 0.347 e. The Morgan fingerprint density at radius 3 is 1.21 bits per heavy atom. The third-order valence-electron chi connectivity index (χ3n) is 6.70. The first-order valence-corrected chi connectivity index (χ1v) is 10.8. The van der Waals surface area contributed by atoms with Crippen molar-refractivity contribution >= 4 is 0 Å². The van der Waals surface area contributed by atoms with Gasteiger partial charge in [0, 0.05) is 65.0 Å². The lowest BCUT2D eigenvalue weighted by atomic mass is 10.0. The molecule has 4 fully saturated rings. The molecule has 5 rings (SSSR count). The maximum absolute atomic E-state index is 5.83. The first-order valence-electron chi connectivity index (χ1n) is 10.8. The minimum Gasteiger partial charge on any atom is -0.347 e. The van der Waals surface area contributed by atoms with Crippen LogP contribution >= 0.6 is 0 Å². The van der Waals surface area contributed by atoms with Gasteiger partial charge in [-0.15, -0.1) is 0 Å². The van der Waals surface area contributed by atoms with E-state index in [0.29, 0.717) is 0 Å². The second-order valence-corrected chi connectivity index (χ2v) is 8.58. The number of ether oxygens (including phenoxy) is 4. The van der Waals surface area contributed by atoms with Crippen molar-refractivity contribution < 1.29 is 18.9 Å². The van der Waals surface area contributed by atoms with Gasteiger partial charge in [0.15, 0.2) is 11.6 Å². The smallest absolute Gasteiger partial charge is 0.170 e. The van der Waals surface area contributed by atoms with Gasteiger partial charge in [0.05, 0.1) is 26.4 Å². The lowest BCUT2D eigenvalue weighted by Crippen LogP contribution is -2.44. The molecule has 0 unspecified atom stereocenters. The lowest BCUT2D eigenvalue weighted by Gasteiger charge is -2.38. The molecule has 4 heterocycles. The highest BCUT2D eigenvalue weighted by atomic mass is 16.7. The van der Waals surface area contributed by atoms with Crippen molar-refractivity contribution in [2.24, 2.45) is 0 Å². The number of rotatable bonds is 4. The van der Waals surface area contributed by atoms with E-state index in [9.17, 15) is 0 Å². The van der Waals surface area contributed by atoms with Crippen LogP contribution in [0.15, 0.2) is 24.3 Å². The van der Waals surface area contributed by atoms with Crippen LogP contribution in [0.3, 0.4) is 0 Å². The van der Waals surface area contributed by atoms with Crippen LogP contribution in [-0.4, -0.2) is 74.0 Å². The van der Waals surface area contributed by atoms with Crippen LogP contribution in [0, 0.1) is 0 Å². The molecule has 2 spiro atoms. The van der Waals surface area contributed by atoms with Crippen molar-refractivity contribution in [3.05, 3.63) is 35.4 Å². The highest BCUT2D eigenvalue weighted by molar-refractivity contribution is 5.22. The number of benzene rings is 1. The van der Waals surface area contributed by atoms with Gasteiger partial charge in [-0.1, -0.05) is 24.3 Å². The molecule has 4 aliphatic heterocycles. The van der Waals surface area contributed by atoms with Gasteiger partial charge >= 0.3 is 0 Å². The summed E-state index contributed by atoms with van der Waals surface area (Å²) in [6.07, 6.45) is 3.92. The summed E-state index contributed by atoms with van der Waals surface area (Å²) in [5, 5.41) is 0. The summed E-state index contributed by atoms with van der Waals surface area (Å²) in [5.74, 6) is -0.552. The highest BCUT2D eigenvalue weighted by Gasteiger charge is 2.40. The zero-order chi connectivity index (χ0) is 18.9. The van der Waals surface area contributed by atoms with Crippen molar-refractivity contribution in [2.45, 2.75) is 50.3 Å². The summed E-state index contributed by atoms with van der Waals surface area (Å²) in [6, 6.07) is 9.15. The Morgan fingerprint density at radius 2 is 0.893 bits per heavy atom. The summed E-state index contributed by atoms with van der Waals surface area (Å²) in [4.78, 5) is 5.02. The number of likely N-dealkylation sites (tertiary alicyclic amines) is 2. The predicted molar refractivity (Wildman–Crippen MR) is 105 cm³/mol. The first-order chi connectivity index (χ1) is 13.7. The van der Waals surface area contributed by atoms with Crippen LogP contribution in [0.25, 0.3) is 0 Å². The van der Waals surface area contributed by atoms with Gasteiger partial charge in [0.2, 0.25) is 0 Å². The molecule has 0 saturated carbocycles. The molecule has 154 valence electrons. The van der Waals surface area contributed by atoms with E-state index >= 15 is 0 Å². The van der Waals surface area contributed by atoms with E-state index < -0.39 is 0 Å². The van der Waals surface area contributed by atoms with Crippen LogP contribution in [-0.2, 0) is 32.0 Å². The minimum absolute atomic E-state index is 0.276. The molecule has 4 aliphatic rings. The summed E-state index contributed by atoms with van der Waals surface area (Å²) in [6.45, 7) is 9.19. The Bertz CT molecular complexity index is 576. The maximum atomic E-state index is 5.83. The molecule has 1 aromatic carbocycles. The number of piperidine rings is 2. The fraction of sp³-hybridized carbons (Fsp3) is 0.727. The van der Waals surface area contributed by atoms with E-state index in [1.807, 2.05) is 0 Å². The number of hydrogen-bond donors (Lipinski definition) is 0. The Morgan fingerprint density at radius 1 is 0.571 bits per heavy atom. The zero-order valence-electron chi connectivity index (χ0n) is 16.7. The summed E-state index contributed by atoms with van der Waals surface area (Å²) < 4.78 is 23.3. The van der Waals surface area contributed by atoms with Gasteiger partial charge in [0.1, 0.15) is 0 Å². The Labute approximate surface area is 167 Å². The molecule has 0 amide bonds. The SMILES string of the molecule is c1cc(CN2CCC3(CC2)OCCO3)ccc1CN1CCC2(CC1)OCCO2. The molecule has 0 radical (unpaired) electrons. The molecular weight excluding hydrogens is 356 g/mol. The summed E-state index contributed by atoms with van der Waals surface area (Å²) in [7, 11) is 0. The molecule has 4 saturated heterocycles. The monoisotopic (exact) mass is 388 g/mol. The van der Waals surface area contributed by atoms with E-state index in [1.54, 1.807) is 0 Å². The van der Waals surface area contributed by atoms with Crippen molar-refractivity contribution in [1.29, 1.82) is 0 Å². The number of hydrogen-bond acceptors (Lipinski definition) is 6. The average molecular weight is 389 g/mol. The molecule has 0 aromatic heterocycles. The zero-order valence-corrected chi connectivity index (χ0v) is 16.7. The van der Waals surface area contributed by atoms with E-state index in [4.69, 9.17) is 18.9 Å². The summed E-state index contributed by atoms with van der Waals surface area (Å²) in [5.41, 5.74) is 2.77. The van der Waals surface area contributed by atoms with Crippen molar-refractivity contribution in [3.63, 3.8) is 0 Å².